The maximum absolute atomic E-state index is 12.6. The molecule has 3 aliphatic carbocycles. The predicted molar refractivity (Wildman–Crippen MR) is 124 cm³/mol. The Bertz CT molecular complexity index is 969. The van der Waals surface area contributed by atoms with Gasteiger partial charge in [0, 0.05) is 18.9 Å². The molecule has 2 fully saturated rings. The Hall–Kier alpha value is -2.33. The molecule has 0 heterocycles. The van der Waals surface area contributed by atoms with Gasteiger partial charge >= 0.3 is 0 Å². The summed E-state index contributed by atoms with van der Waals surface area (Å²) in [5.41, 5.74) is 3.86. The van der Waals surface area contributed by atoms with Crippen molar-refractivity contribution in [2.24, 2.45) is 17.3 Å². The summed E-state index contributed by atoms with van der Waals surface area (Å²) in [5, 5.41) is 0. The number of methoxy groups -OCH3 is 1. The molecule has 0 unspecified atom stereocenters. The van der Waals surface area contributed by atoms with E-state index in [4.69, 9.17) is 14.2 Å². The zero-order valence-corrected chi connectivity index (χ0v) is 19.3. The minimum atomic E-state index is -0.0881. The normalized spacial score (nSPS) is 28.6. The van der Waals surface area contributed by atoms with E-state index in [9.17, 15) is 4.79 Å². The van der Waals surface area contributed by atoms with Crippen molar-refractivity contribution in [1.29, 1.82) is 0 Å². The largest absolute Gasteiger partial charge is 0.487 e. The molecule has 0 radical (unpaired) electrons. The van der Waals surface area contributed by atoms with Gasteiger partial charge in [-0.3, -0.25) is 4.79 Å². The lowest BCUT2D eigenvalue weighted by molar-refractivity contribution is -0.129. The number of carbonyl (C=O) groups excluding carboxylic acids is 1. The van der Waals surface area contributed by atoms with Gasteiger partial charge in [0.05, 0.1) is 6.61 Å². The number of ketones is 1. The van der Waals surface area contributed by atoms with E-state index in [1.807, 2.05) is 18.2 Å². The quantitative estimate of drug-likeness (QED) is 0.523. The number of benzene rings is 2. The van der Waals surface area contributed by atoms with Crippen LogP contribution >= 0.6 is 0 Å². The molecule has 4 heteroatoms. The van der Waals surface area contributed by atoms with Gasteiger partial charge in [-0.15, -0.1) is 0 Å². The van der Waals surface area contributed by atoms with Crippen molar-refractivity contribution in [3.05, 3.63) is 59.2 Å². The fourth-order valence-corrected chi connectivity index (χ4v) is 6.54. The summed E-state index contributed by atoms with van der Waals surface area (Å²) in [6, 6.07) is 14.7. The number of carbonyl (C=O) groups is 1. The SMILES string of the molecule is COCCOc1cc2c(cc1OCc1ccccc1)CC[C@@H]1[C@@H]2CC[C@]2(C)C(=O)CC[C@@H]12. The van der Waals surface area contributed by atoms with Gasteiger partial charge in [-0.2, -0.15) is 0 Å². The van der Waals surface area contributed by atoms with Gasteiger partial charge < -0.3 is 14.2 Å². The van der Waals surface area contributed by atoms with Gasteiger partial charge in [0.25, 0.3) is 0 Å². The molecule has 0 amide bonds. The van der Waals surface area contributed by atoms with Crippen LogP contribution in [0.25, 0.3) is 0 Å². The van der Waals surface area contributed by atoms with E-state index in [2.05, 4.69) is 31.2 Å². The number of ether oxygens (including phenoxy) is 3. The molecule has 5 rings (SSSR count). The monoisotopic (exact) mass is 434 g/mol. The highest BCUT2D eigenvalue weighted by Crippen LogP contribution is 2.60. The Morgan fingerprint density at radius 1 is 0.969 bits per heavy atom. The summed E-state index contributed by atoms with van der Waals surface area (Å²) in [5.74, 6) is 3.80. The van der Waals surface area contributed by atoms with Crippen LogP contribution in [0.15, 0.2) is 42.5 Å². The molecule has 4 atom stereocenters. The zero-order chi connectivity index (χ0) is 22.1. The van der Waals surface area contributed by atoms with E-state index in [1.165, 1.54) is 17.5 Å². The van der Waals surface area contributed by atoms with Crippen molar-refractivity contribution in [3.63, 3.8) is 0 Å². The summed E-state index contributed by atoms with van der Waals surface area (Å²) >= 11 is 0. The highest BCUT2D eigenvalue weighted by atomic mass is 16.5. The van der Waals surface area contributed by atoms with Crippen LogP contribution in [0.4, 0.5) is 0 Å². The topological polar surface area (TPSA) is 44.8 Å². The lowest BCUT2D eigenvalue weighted by Gasteiger charge is -2.48. The molecule has 4 nitrogen and oxygen atoms in total. The molecule has 0 bridgehead atoms. The van der Waals surface area contributed by atoms with E-state index in [0.717, 1.165) is 49.2 Å². The van der Waals surface area contributed by atoms with Crippen LogP contribution in [-0.4, -0.2) is 26.1 Å². The van der Waals surface area contributed by atoms with E-state index < -0.39 is 0 Å². The Labute approximate surface area is 191 Å². The molecule has 0 spiro atoms. The number of fused-ring (bicyclic) bond motifs is 5. The molecule has 2 aromatic rings. The summed E-state index contributed by atoms with van der Waals surface area (Å²) in [6.07, 6.45) is 6.18. The third-order valence-electron chi connectivity index (χ3n) is 8.28. The minimum Gasteiger partial charge on any atom is -0.487 e. The first kappa shape index (κ1) is 21.5. The Balaban J connectivity index is 1.42. The molecule has 0 aliphatic heterocycles. The number of hydrogen-bond donors (Lipinski definition) is 0. The first-order valence-corrected chi connectivity index (χ1v) is 12.1. The second kappa shape index (κ2) is 8.90. The highest BCUT2D eigenvalue weighted by Gasteiger charge is 2.54. The predicted octanol–water partition coefficient (Wildman–Crippen LogP) is 5.72. The van der Waals surface area contributed by atoms with Gasteiger partial charge in [0.1, 0.15) is 19.0 Å². The maximum Gasteiger partial charge on any atom is 0.161 e. The lowest BCUT2D eigenvalue weighted by atomic mass is 9.55. The summed E-state index contributed by atoms with van der Waals surface area (Å²) in [6.45, 7) is 3.80. The van der Waals surface area contributed by atoms with Crippen molar-refractivity contribution in [2.45, 2.75) is 58.0 Å². The molecule has 0 aromatic heterocycles. The van der Waals surface area contributed by atoms with Gasteiger partial charge in [-0.1, -0.05) is 37.3 Å². The lowest BCUT2D eigenvalue weighted by Crippen LogP contribution is -2.42. The maximum atomic E-state index is 12.6. The molecule has 0 saturated heterocycles. The van der Waals surface area contributed by atoms with Gasteiger partial charge in [-0.25, -0.2) is 0 Å². The second-order valence-corrected chi connectivity index (χ2v) is 9.95. The molecule has 3 aliphatic rings. The third kappa shape index (κ3) is 3.83. The average Bonchev–Trinajstić information content (AvgIpc) is 3.12. The van der Waals surface area contributed by atoms with Crippen molar-refractivity contribution in [1.82, 2.24) is 0 Å². The average molecular weight is 435 g/mol. The number of Topliss-reactive ketones (excluding diaryl/α,β-unsaturated/α-hetero) is 1. The molecular weight excluding hydrogens is 400 g/mol. The van der Waals surface area contributed by atoms with E-state index in [-0.39, 0.29) is 5.41 Å². The second-order valence-electron chi connectivity index (χ2n) is 9.95. The number of aryl methyl sites for hydroxylation is 1. The standard InChI is InChI=1S/C28H34O4/c1-28-13-12-21-22(24(28)10-11-27(28)29)9-8-20-16-25(32-18-19-6-4-3-5-7-19)26(17-23(20)21)31-15-14-30-2/h3-7,16-17,21-22,24H,8-15,18H2,1-2H3/t21-,22+,24-,28-/m0/s1. The number of hydrogen-bond acceptors (Lipinski definition) is 4. The fourth-order valence-electron chi connectivity index (χ4n) is 6.54. The van der Waals surface area contributed by atoms with E-state index >= 15 is 0 Å². The molecule has 2 aromatic carbocycles. The van der Waals surface area contributed by atoms with Crippen molar-refractivity contribution in [2.75, 3.05) is 20.3 Å². The van der Waals surface area contributed by atoms with Gasteiger partial charge in [-0.05, 0) is 78.7 Å². The van der Waals surface area contributed by atoms with Crippen LogP contribution in [0.3, 0.4) is 0 Å². The van der Waals surface area contributed by atoms with Crippen molar-refractivity contribution < 1.29 is 19.0 Å². The zero-order valence-electron chi connectivity index (χ0n) is 19.3. The minimum absolute atomic E-state index is 0.0881. The summed E-state index contributed by atoms with van der Waals surface area (Å²) < 4.78 is 17.6. The molecule has 170 valence electrons. The van der Waals surface area contributed by atoms with Crippen LogP contribution < -0.4 is 9.47 Å². The third-order valence-corrected chi connectivity index (χ3v) is 8.28. The summed E-state index contributed by atoms with van der Waals surface area (Å²) in [7, 11) is 1.69. The van der Waals surface area contributed by atoms with E-state index in [1.54, 1.807) is 7.11 Å². The van der Waals surface area contributed by atoms with E-state index in [0.29, 0.717) is 43.4 Å². The molecule has 32 heavy (non-hydrogen) atoms. The fraction of sp³-hybridized carbons (Fsp3) is 0.536. The highest BCUT2D eigenvalue weighted by molar-refractivity contribution is 5.87. The van der Waals surface area contributed by atoms with Crippen LogP contribution in [0, 0.1) is 17.3 Å². The van der Waals surface area contributed by atoms with Crippen molar-refractivity contribution >= 4 is 5.78 Å². The van der Waals surface area contributed by atoms with Crippen LogP contribution in [-0.2, 0) is 22.6 Å². The number of rotatable bonds is 7. The van der Waals surface area contributed by atoms with Crippen molar-refractivity contribution in [3.8, 4) is 11.5 Å². The van der Waals surface area contributed by atoms with Crippen LogP contribution in [0.5, 0.6) is 11.5 Å². The van der Waals surface area contributed by atoms with Crippen LogP contribution in [0.2, 0.25) is 0 Å². The van der Waals surface area contributed by atoms with Gasteiger partial charge in [0.15, 0.2) is 11.5 Å². The van der Waals surface area contributed by atoms with Gasteiger partial charge in [0.2, 0.25) is 0 Å². The molecular formula is C28H34O4. The Morgan fingerprint density at radius 3 is 2.59 bits per heavy atom. The first-order valence-electron chi connectivity index (χ1n) is 12.1. The Kier molecular flexibility index (Phi) is 5.98. The molecule has 0 N–H and O–H groups in total. The summed E-state index contributed by atoms with van der Waals surface area (Å²) in [4.78, 5) is 12.6. The molecule has 2 saturated carbocycles. The first-order chi connectivity index (χ1) is 15.6. The smallest absolute Gasteiger partial charge is 0.161 e. The Morgan fingerprint density at radius 2 is 1.78 bits per heavy atom. The van der Waals surface area contributed by atoms with Crippen LogP contribution in [0.1, 0.15) is 61.6 Å².